The monoisotopic (exact) mass is 429 g/mol. The SMILES string of the molecule is O=C(O)[C@H]1Cc2ccccc2O[C@]1(C(F)(F)F)S(=O)(=O)NCCc1ccccc1. The van der Waals surface area contributed by atoms with Crippen LogP contribution in [-0.2, 0) is 27.7 Å². The fourth-order valence-corrected chi connectivity index (χ4v) is 4.99. The molecule has 1 heterocycles. The highest BCUT2D eigenvalue weighted by atomic mass is 32.2. The number of fused-ring (bicyclic) bond motifs is 1. The minimum atomic E-state index is -5.50. The van der Waals surface area contributed by atoms with Crippen molar-refractivity contribution in [2.45, 2.75) is 24.0 Å². The number of hydrogen-bond donors (Lipinski definition) is 2. The molecule has 1 aliphatic heterocycles. The zero-order valence-electron chi connectivity index (χ0n) is 15.0. The third-order valence-electron chi connectivity index (χ3n) is 4.76. The summed E-state index contributed by atoms with van der Waals surface area (Å²) >= 11 is 0. The van der Waals surface area contributed by atoms with Crippen LogP contribution in [0.1, 0.15) is 11.1 Å². The van der Waals surface area contributed by atoms with Crippen LogP contribution >= 0.6 is 0 Å². The average molecular weight is 429 g/mol. The van der Waals surface area contributed by atoms with E-state index in [2.05, 4.69) is 0 Å². The maximum absolute atomic E-state index is 14.1. The van der Waals surface area contributed by atoms with Crippen molar-refractivity contribution in [1.29, 1.82) is 0 Å². The van der Waals surface area contributed by atoms with E-state index in [0.717, 1.165) is 0 Å². The van der Waals surface area contributed by atoms with Crippen LogP contribution in [0.3, 0.4) is 0 Å². The van der Waals surface area contributed by atoms with Gasteiger partial charge in [-0.1, -0.05) is 48.5 Å². The van der Waals surface area contributed by atoms with Gasteiger partial charge >= 0.3 is 17.1 Å². The van der Waals surface area contributed by atoms with Crippen LogP contribution in [0.4, 0.5) is 13.2 Å². The first kappa shape index (κ1) is 21.1. The number of carbonyl (C=O) groups is 1. The minimum absolute atomic E-state index is 0.127. The van der Waals surface area contributed by atoms with E-state index < -0.39 is 39.4 Å². The van der Waals surface area contributed by atoms with Gasteiger partial charge in [0.1, 0.15) is 11.7 Å². The van der Waals surface area contributed by atoms with Gasteiger partial charge in [0, 0.05) is 6.54 Å². The molecule has 2 atom stereocenters. The van der Waals surface area contributed by atoms with Crippen molar-refractivity contribution in [3.8, 4) is 5.75 Å². The molecule has 0 radical (unpaired) electrons. The van der Waals surface area contributed by atoms with Crippen molar-refractivity contribution in [2.75, 3.05) is 6.54 Å². The summed E-state index contributed by atoms with van der Waals surface area (Å²) in [4.78, 5) is 7.75. The van der Waals surface area contributed by atoms with Crippen LogP contribution in [0.15, 0.2) is 54.6 Å². The predicted octanol–water partition coefficient (Wildman–Crippen LogP) is 2.74. The maximum Gasteiger partial charge on any atom is 0.445 e. The molecule has 0 spiro atoms. The first-order chi connectivity index (χ1) is 13.6. The molecular formula is C19H18F3NO5S. The van der Waals surface area contributed by atoms with E-state index in [4.69, 9.17) is 4.74 Å². The number of aliphatic carboxylic acids is 1. The van der Waals surface area contributed by atoms with E-state index >= 15 is 0 Å². The number of carboxylic acid groups (broad SMARTS) is 1. The summed E-state index contributed by atoms with van der Waals surface area (Å²) in [5, 5.41) is 9.46. The lowest BCUT2D eigenvalue weighted by Crippen LogP contribution is -2.68. The molecule has 29 heavy (non-hydrogen) atoms. The molecule has 0 aromatic heterocycles. The number of carboxylic acids is 1. The van der Waals surface area contributed by atoms with Gasteiger partial charge in [-0.15, -0.1) is 0 Å². The molecule has 0 aliphatic carbocycles. The fourth-order valence-electron chi connectivity index (χ4n) is 3.34. The summed E-state index contributed by atoms with van der Waals surface area (Å²) in [7, 11) is -5.29. The number of ether oxygens (including phenoxy) is 1. The Bertz CT molecular complexity index is 994. The third kappa shape index (κ3) is 3.82. The molecule has 2 aromatic rings. The molecular weight excluding hydrogens is 411 g/mol. The lowest BCUT2D eigenvalue weighted by molar-refractivity contribution is -0.236. The van der Waals surface area contributed by atoms with Gasteiger partial charge in [0.15, 0.2) is 0 Å². The molecule has 0 bridgehead atoms. The molecule has 2 N–H and O–H groups in total. The molecule has 1 aliphatic rings. The predicted molar refractivity (Wildman–Crippen MR) is 97.8 cm³/mol. The number of para-hydroxylation sites is 1. The standard InChI is InChI=1S/C19H18F3NO5S/c20-19(21,22)18(29(26,27)23-11-10-13-6-2-1-3-7-13)15(17(24)25)12-14-8-4-5-9-16(14)28-18/h1-9,15,23H,10-12H2,(H,24,25)/t15-,18+/m1/s1. The Morgan fingerprint density at radius 2 is 1.76 bits per heavy atom. The second-order valence-corrected chi connectivity index (χ2v) is 8.51. The Morgan fingerprint density at radius 3 is 2.38 bits per heavy atom. The summed E-state index contributed by atoms with van der Waals surface area (Å²) in [6, 6.07) is 14.0. The normalized spacial score (nSPS) is 21.8. The highest BCUT2D eigenvalue weighted by molar-refractivity contribution is 7.90. The number of alkyl halides is 3. The van der Waals surface area contributed by atoms with Gasteiger partial charge in [-0.3, -0.25) is 4.79 Å². The van der Waals surface area contributed by atoms with Crippen LogP contribution in [0.25, 0.3) is 0 Å². The van der Waals surface area contributed by atoms with Crippen molar-refractivity contribution in [1.82, 2.24) is 4.72 Å². The van der Waals surface area contributed by atoms with Crippen LogP contribution < -0.4 is 9.46 Å². The van der Waals surface area contributed by atoms with Crippen molar-refractivity contribution in [3.63, 3.8) is 0 Å². The lowest BCUT2D eigenvalue weighted by atomic mass is 9.89. The Morgan fingerprint density at radius 1 is 1.14 bits per heavy atom. The highest BCUT2D eigenvalue weighted by Crippen LogP contribution is 2.49. The Hall–Kier alpha value is -2.59. The van der Waals surface area contributed by atoms with E-state index in [9.17, 15) is 31.5 Å². The lowest BCUT2D eigenvalue weighted by Gasteiger charge is -2.42. The van der Waals surface area contributed by atoms with Crippen molar-refractivity contribution in [3.05, 3.63) is 65.7 Å². The topological polar surface area (TPSA) is 92.7 Å². The second-order valence-electron chi connectivity index (χ2n) is 6.60. The number of halogens is 3. The summed E-state index contributed by atoms with van der Waals surface area (Å²) in [6.07, 6.45) is -6.00. The van der Waals surface area contributed by atoms with Crippen LogP contribution in [-0.4, -0.2) is 37.1 Å². The van der Waals surface area contributed by atoms with Crippen LogP contribution in [0, 0.1) is 5.92 Å². The zero-order chi connectivity index (χ0) is 21.3. The van der Waals surface area contributed by atoms with Crippen molar-refractivity contribution >= 4 is 16.0 Å². The van der Waals surface area contributed by atoms with Gasteiger partial charge in [-0.25, -0.2) is 13.1 Å². The van der Waals surface area contributed by atoms with Gasteiger partial charge in [0.25, 0.3) is 10.0 Å². The molecule has 6 nitrogen and oxygen atoms in total. The number of sulfonamides is 1. The van der Waals surface area contributed by atoms with Crippen molar-refractivity contribution in [2.24, 2.45) is 5.92 Å². The average Bonchev–Trinajstić information content (AvgIpc) is 2.66. The van der Waals surface area contributed by atoms with E-state index in [1.807, 2.05) is 4.72 Å². The smallest absolute Gasteiger partial charge is 0.445 e. The fraction of sp³-hybridized carbons (Fsp3) is 0.316. The molecule has 0 saturated heterocycles. The Labute approximate surface area is 165 Å². The third-order valence-corrected chi connectivity index (χ3v) is 6.74. The molecule has 0 unspecified atom stereocenters. The first-order valence-corrected chi connectivity index (χ1v) is 10.2. The summed E-state index contributed by atoms with van der Waals surface area (Å²) in [5.41, 5.74) is 0.903. The van der Waals surface area contributed by atoms with Gasteiger partial charge < -0.3 is 9.84 Å². The summed E-state index contributed by atoms with van der Waals surface area (Å²) < 4.78 is 75.0. The minimum Gasteiger partial charge on any atom is -0.481 e. The molecule has 2 aromatic carbocycles. The quantitative estimate of drug-likeness (QED) is 0.737. The second kappa shape index (κ2) is 7.68. The molecule has 10 heteroatoms. The summed E-state index contributed by atoms with van der Waals surface area (Å²) in [6.45, 7) is -0.346. The largest absolute Gasteiger partial charge is 0.481 e. The molecule has 0 fully saturated rings. The number of nitrogens with one attached hydrogen (secondary N) is 1. The Balaban J connectivity index is 1.99. The number of hydrogen-bond acceptors (Lipinski definition) is 4. The number of benzene rings is 2. The number of rotatable bonds is 6. The van der Waals surface area contributed by atoms with E-state index in [-0.39, 0.29) is 24.3 Å². The molecule has 0 amide bonds. The maximum atomic E-state index is 14.1. The van der Waals surface area contributed by atoms with E-state index in [1.54, 1.807) is 30.3 Å². The highest BCUT2D eigenvalue weighted by Gasteiger charge is 2.74. The van der Waals surface area contributed by atoms with E-state index in [0.29, 0.717) is 5.56 Å². The first-order valence-electron chi connectivity index (χ1n) is 8.68. The summed E-state index contributed by atoms with van der Waals surface area (Å²) in [5.74, 6) is -4.59. The molecule has 3 rings (SSSR count). The molecule has 156 valence electrons. The molecule has 0 saturated carbocycles. The van der Waals surface area contributed by atoms with E-state index in [1.165, 1.54) is 24.3 Å². The van der Waals surface area contributed by atoms with Crippen LogP contribution in [0.2, 0.25) is 0 Å². The van der Waals surface area contributed by atoms with Gasteiger partial charge in [-0.2, -0.15) is 13.2 Å². The van der Waals surface area contributed by atoms with Gasteiger partial charge in [0.2, 0.25) is 0 Å². The van der Waals surface area contributed by atoms with Crippen LogP contribution in [0.5, 0.6) is 5.75 Å². The van der Waals surface area contributed by atoms with Crippen molar-refractivity contribution < 1.29 is 36.2 Å². The van der Waals surface area contributed by atoms with Gasteiger partial charge in [-0.05, 0) is 30.0 Å². The Kier molecular flexibility index (Phi) is 5.59. The van der Waals surface area contributed by atoms with Gasteiger partial charge in [0.05, 0.1) is 0 Å². The zero-order valence-corrected chi connectivity index (χ0v) is 15.8.